The third kappa shape index (κ3) is 7.53. The van der Waals surface area contributed by atoms with Gasteiger partial charge in [0, 0.05) is 25.3 Å². The van der Waals surface area contributed by atoms with E-state index < -0.39 is 35.9 Å². The van der Waals surface area contributed by atoms with E-state index in [4.69, 9.17) is 29.2 Å². The van der Waals surface area contributed by atoms with Crippen molar-refractivity contribution in [2.75, 3.05) is 20.3 Å². The van der Waals surface area contributed by atoms with E-state index >= 15 is 0 Å². The summed E-state index contributed by atoms with van der Waals surface area (Å²) in [6.45, 7) is 2.68. The molecule has 5 atom stereocenters. The van der Waals surface area contributed by atoms with Crippen molar-refractivity contribution < 1.29 is 38.4 Å². The van der Waals surface area contributed by atoms with Crippen molar-refractivity contribution in [3.63, 3.8) is 0 Å². The van der Waals surface area contributed by atoms with Crippen molar-refractivity contribution in [3.8, 4) is 5.75 Å². The summed E-state index contributed by atoms with van der Waals surface area (Å²) >= 11 is 0. The van der Waals surface area contributed by atoms with E-state index in [0.29, 0.717) is 25.1 Å². The Morgan fingerprint density at radius 2 is 1.87 bits per heavy atom. The van der Waals surface area contributed by atoms with Crippen molar-refractivity contribution in [1.29, 1.82) is 0 Å². The molecule has 11 heteroatoms. The Morgan fingerprint density at radius 3 is 2.47 bits per heavy atom. The van der Waals surface area contributed by atoms with Gasteiger partial charge in [0.25, 0.3) is 5.79 Å². The number of ketones is 1. The van der Waals surface area contributed by atoms with E-state index in [2.05, 4.69) is 10.0 Å². The number of aliphatic hydroxyl groups is 1. The number of rotatable bonds is 14. The van der Waals surface area contributed by atoms with Crippen molar-refractivity contribution in [1.82, 2.24) is 0 Å². The first-order chi connectivity index (χ1) is 18.3. The van der Waals surface area contributed by atoms with Crippen LogP contribution < -0.4 is 4.74 Å². The Morgan fingerprint density at radius 1 is 1.16 bits per heavy atom. The average molecular weight is 528 g/mol. The highest BCUT2D eigenvalue weighted by atomic mass is 16.7. The van der Waals surface area contributed by atoms with Gasteiger partial charge in [0.05, 0.1) is 26.4 Å². The van der Waals surface area contributed by atoms with Gasteiger partial charge in [0.15, 0.2) is 11.9 Å². The van der Waals surface area contributed by atoms with Crippen molar-refractivity contribution in [3.05, 3.63) is 76.2 Å². The zero-order chi connectivity index (χ0) is 27.5. The minimum Gasteiger partial charge on any atom is -0.497 e. The molecule has 1 heterocycles. The fourth-order valence-electron chi connectivity index (χ4n) is 4.25. The molecule has 2 aromatic carbocycles. The second-order valence-corrected chi connectivity index (χ2v) is 8.89. The average Bonchev–Trinajstić information content (AvgIpc) is 3.18. The van der Waals surface area contributed by atoms with Crippen molar-refractivity contribution in [2.45, 2.75) is 63.5 Å². The molecule has 0 amide bonds. The van der Waals surface area contributed by atoms with Gasteiger partial charge in [-0.05, 0) is 41.6 Å². The van der Waals surface area contributed by atoms with E-state index in [-0.39, 0.29) is 19.3 Å². The molecular weight excluding hydrogens is 494 g/mol. The molecule has 1 N–H and O–H groups in total. The molecule has 0 aliphatic carbocycles. The Kier molecular flexibility index (Phi) is 10.6. The van der Waals surface area contributed by atoms with Gasteiger partial charge in [-0.1, -0.05) is 47.6 Å². The second kappa shape index (κ2) is 13.9. The molecule has 38 heavy (non-hydrogen) atoms. The summed E-state index contributed by atoms with van der Waals surface area (Å²) in [5, 5.41) is 14.7. The first kappa shape index (κ1) is 29.1. The number of ether oxygens (including phenoxy) is 5. The summed E-state index contributed by atoms with van der Waals surface area (Å²) < 4.78 is 28.6. The van der Waals surface area contributed by atoms with Crippen LogP contribution in [0, 0.1) is 0 Å². The Bertz CT molecular complexity index is 1110. The number of hydrogen-bond acceptors (Lipinski definition) is 9. The summed E-state index contributed by atoms with van der Waals surface area (Å²) in [6, 6.07) is 16.7. The predicted molar refractivity (Wildman–Crippen MR) is 136 cm³/mol. The number of hydrogen-bond donors (Lipinski definition) is 1. The zero-order valence-corrected chi connectivity index (χ0v) is 21.7. The van der Waals surface area contributed by atoms with E-state index in [0.717, 1.165) is 18.1 Å². The first-order valence-electron chi connectivity index (χ1n) is 12.3. The van der Waals surface area contributed by atoms with Crippen molar-refractivity contribution in [2.24, 2.45) is 5.11 Å². The van der Waals surface area contributed by atoms with Gasteiger partial charge in [-0.25, -0.2) is 0 Å². The number of benzene rings is 2. The fourth-order valence-corrected chi connectivity index (χ4v) is 4.25. The lowest BCUT2D eigenvalue weighted by Crippen LogP contribution is -2.51. The topological polar surface area (TPSA) is 149 Å². The molecule has 1 aliphatic heterocycles. The third-order valence-electron chi connectivity index (χ3n) is 6.20. The summed E-state index contributed by atoms with van der Waals surface area (Å²) in [7, 11) is 1.57. The molecule has 0 radical (unpaired) electrons. The van der Waals surface area contributed by atoms with Crippen molar-refractivity contribution >= 4 is 11.8 Å². The van der Waals surface area contributed by atoms with Gasteiger partial charge >= 0.3 is 5.97 Å². The minimum atomic E-state index is -2.39. The molecule has 2 aromatic rings. The van der Waals surface area contributed by atoms with Crippen LogP contribution in [0.15, 0.2) is 59.7 Å². The molecule has 1 unspecified atom stereocenters. The first-order valence-corrected chi connectivity index (χ1v) is 12.3. The van der Waals surface area contributed by atoms with Crippen LogP contribution in [0.5, 0.6) is 5.75 Å². The van der Waals surface area contributed by atoms with Gasteiger partial charge in [-0.2, -0.15) is 0 Å². The Balaban J connectivity index is 1.81. The fraction of sp³-hybridized carbons (Fsp3) is 0.481. The predicted octanol–water partition coefficient (Wildman–Crippen LogP) is 4.04. The quantitative estimate of drug-likeness (QED) is 0.127. The molecular formula is C27H33N3O8. The van der Waals surface area contributed by atoms with Crippen LogP contribution in [0.4, 0.5) is 0 Å². The maximum absolute atomic E-state index is 12.4. The lowest BCUT2D eigenvalue weighted by molar-refractivity contribution is -0.230. The Hall–Kier alpha value is -3.47. The number of nitrogens with zero attached hydrogens (tertiary/aromatic N) is 3. The zero-order valence-electron chi connectivity index (χ0n) is 21.7. The molecule has 0 spiro atoms. The summed E-state index contributed by atoms with van der Waals surface area (Å²) in [6.07, 6.45) is -2.58. The van der Waals surface area contributed by atoms with E-state index in [1.165, 1.54) is 6.92 Å². The molecule has 3 rings (SSSR count). The van der Waals surface area contributed by atoms with Crippen LogP contribution in [0.2, 0.25) is 0 Å². The lowest BCUT2D eigenvalue weighted by atomic mass is 10.0. The minimum absolute atomic E-state index is 0.0677. The van der Waals surface area contributed by atoms with Gasteiger partial charge in [-0.15, -0.1) is 0 Å². The van der Waals surface area contributed by atoms with Gasteiger partial charge in [-0.3, -0.25) is 9.59 Å². The molecule has 0 saturated carbocycles. The maximum atomic E-state index is 12.4. The number of Topliss-reactive ketones (excluding diaryl/α,β-unsaturated/α-hetero) is 1. The molecule has 204 valence electrons. The highest BCUT2D eigenvalue weighted by Crippen LogP contribution is 2.36. The molecule has 0 aromatic heterocycles. The maximum Gasteiger partial charge on any atom is 0.303 e. The molecule has 1 fully saturated rings. The highest BCUT2D eigenvalue weighted by Gasteiger charge is 2.60. The summed E-state index contributed by atoms with van der Waals surface area (Å²) in [4.78, 5) is 27.1. The summed E-state index contributed by atoms with van der Waals surface area (Å²) in [5.74, 6) is -3.13. The van der Waals surface area contributed by atoms with Gasteiger partial charge in [0.2, 0.25) is 0 Å². The number of esters is 1. The van der Waals surface area contributed by atoms with Crippen LogP contribution in [0.1, 0.15) is 43.9 Å². The largest absolute Gasteiger partial charge is 0.497 e. The van der Waals surface area contributed by atoms with E-state index in [1.54, 1.807) is 19.2 Å². The molecule has 1 saturated heterocycles. The monoisotopic (exact) mass is 527 g/mol. The molecule has 1 aliphatic rings. The number of methoxy groups -OCH3 is 1. The highest BCUT2D eigenvalue weighted by molar-refractivity contribution is 5.85. The Labute approximate surface area is 221 Å². The normalized spacial score (nSPS) is 23.3. The smallest absolute Gasteiger partial charge is 0.303 e. The van der Waals surface area contributed by atoms with Gasteiger partial charge in [0.1, 0.15) is 18.0 Å². The number of azide groups is 1. The van der Waals surface area contributed by atoms with Crippen LogP contribution in [0.25, 0.3) is 10.4 Å². The van der Waals surface area contributed by atoms with Crippen LogP contribution in [0.3, 0.4) is 0 Å². The number of carbonyl (C=O) groups excluding carboxylic acids is 2. The second-order valence-electron chi connectivity index (χ2n) is 8.89. The van der Waals surface area contributed by atoms with Crippen LogP contribution in [-0.4, -0.2) is 61.2 Å². The SMILES string of the molecule is COc1ccc(CO[C@H]2[C@@H](OC(C)=O)[C@](O)(C(C)=O)O[C@@H]2COC(CCCN=[N+]=[N-])c2ccccc2)cc1. The third-order valence-corrected chi connectivity index (χ3v) is 6.20. The molecule has 11 nitrogen and oxygen atoms in total. The van der Waals surface area contributed by atoms with E-state index in [9.17, 15) is 14.7 Å². The number of carbonyl (C=O) groups is 2. The standard InChI is InChI=1S/C27H33N3O8/c1-18(31)27(33)26(37-19(2)32)25(36-16-20-11-13-22(34-3)14-12-20)24(38-27)17-35-23(10-7-15-29-30-28)21-8-5-4-6-9-21/h4-6,8-9,11-14,23-26,33H,7,10,15-17H2,1-3H3/t23?,24-,25-,26-,27+/m1/s1. The van der Waals surface area contributed by atoms with Gasteiger partial charge < -0.3 is 28.8 Å². The van der Waals surface area contributed by atoms with Crippen LogP contribution >= 0.6 is 0 Å². The van der Waals surface area contributed by atoms with Crippen LogP contribution in [-0.2, 0) is 35.1 Å². The van der Waals surface area contributed by atoms with E-state index in [1.807, 2.05) is 42.5 Å². The molecule has 0 bridgehead atoms. The summed E-state index contributed by atoms with van der Waals surface area (Å²) in [5.41, 5.74) is 10.3. The lowest BCUT2D eigenvalue weighted by Gasteiger charge is -2.27.